The molecule has 10 heteroatoms. The molecule has 0 amide bonds. The molecule has 2 heterocycles. The average molecular weight is 525 g/mol. The standard InChI is InChI=1S/C28H22F3NO6/c1-16-3-5-17(6-4-16)13-32-14-21-22(36-15-32)12-11-20-23(33)25(26(28(29,30)31)38-24(20)21)37-19-9-7-18(8-10-19)27(34)35-2/h3-12H,13-15H2,1-2H3. The molecular weight excluding hydrogens is 503 g/mol. The predicted octanol–water partition coefficient (Wildman–Crippen LogP) is 6.05. The molecule has 0 bridgehead atoms. The first kappa shape index (κ1) is 25.3. The van der Waals surface area contributed by atoms with Crippen molar-refractivity contribution in [1.82, 2.24) is 4.90 Å². The Morgan fingerprint density at radius 2 is 1.74 bits per heavy atom. The molecule has 0 aliphatic carbocycles. The van der Waals surface area contributed by atoms with Crippen molar-refractivity contribution in [2.75, 3.05) is 13.8 Å². The van der Waals surface area contributed by atoms with E-state index in [1.54, 1.807) is 6.07 Å². The maximum atomic E-state index is 14.1. The molecule has 7 nitrogen and oxygen atoms in total. The number of carbonyl (C=O) groups is 1. The van der Waals surface area contributed by atoms with E-state index in [1.165, 1.54) is 37.4 Å². The van der Waals surface area contributed by atoms with Crippen LogP contribution in [0.3, 0.4) is 0 Å². The predicted molar refractivity (Wildman–Crippen MR) is 131 cm³/mol. The molecule has 38 heavy (non-hydrogen) atoms. The molecule has 3 aromatic carbocycles. The van der Waals surface area contributed by atoms with E-state index >= 15 is 0 Å². The number of esters is 1. The average Bonchev–Trinajstić information content (AvgIpc) is 2.90. The summed E-state index contributed by atoms with van der Waals surface area (Å²) >= 11 is 0. The van der Waals surface area contributed by atoms with Crippen LogP contribution in [0.25, 0.3) is 11.0 Å². The van der Waals surface area contributed by atoms with Gasteiger partial charge < -0.3 is 18.6 Å². The molecule has 1 aliphatic heterocycles. The van der Waals surface area contributed by atoms with E-state index in [2.05, 4.69) is 4.74 Å². The van der Waals surface area contributed by atoms with Gasteiger partial charge in [0.15, 0.2) is 0 Å². The molecule has 0 N–H and O–H groups in total. The Kier molecular flexibility index (Phi) is 6.58. The quantitative estimate of drug-likeness (QED) is 0.294. The lowest BCUT2D eigenvalue weighted by Crippen LogP contribution is -2.32. The van der Waals surface area contributed by atoms with E-state index in [0.717, 1.165) is 11.1 Å². The van der Waals surface area contributed by atoms with Crippen molar-refractivity contribution < 1.29 is 36.6 Å². The molecule has 0 radical (unpaired) electrons. The van der Waals surface area contributed by atoms with Crippen molar-refractivity contribution in [3.63, 3.8) is 0 Å². The van der Waals surface area contributed by atoms with Crippen LogP contribution in [-0.2, 0) is 24.0 Å². The summed E-state index contributed by atoms with van der Waals surface area (Å²) in [5.74, 6) is -2.91. The van der Waals surface area contributed by atoms with Crippen molar-refractivity contribution in [3.05, 3.63) is 98.9 Å². The molecule has 0 spiro atoms. The van der Waals surface area contributed by atoms with Gasteiger partial charge in [0.25, 0.3) is 5.76 Å². The zero-order valence-corrected chi connectivity index (χ0v) is 20.4. The summed E-state index contributed by atoms with van der Waals surface area (Å²) in [5, 5.41) is -0.0706. The Balaban J connectivity index is 1.54. The lowest BCUT2D eigenvalue weighted by Gasteiger charge is -2.29. The largest absolute Gasteiger partial charge is 0.478 e. The second-order valence-electron chi connectivity index (χ2n) is 8.87. The Labute approximate surface area is 215 Å². The number of hydrogen-bond donors (Lipinski definition) is 0. The lowest BCUT2D eigenvalue weighted by molar-refractivity contribution is -0.154. The van der Waals surface area contributed by atoms with E-state index in [9.17, 15) is 22.8 Å². The highest BCUT2D eigenvalue weighted by molar-refractivity contribution is 5.89. The van der Waals surface area contributed by atoms with E-state index in [-0.39, 0.29) is 35.6 Å². The first-order valence-corrected chi connectivity index (χ1v) is 11.6. The number of ether oxygens (including phenoxy) is 3. The monoisotopic (exact) mass is 525 g/mol. The van der Waals surface area contributed by atoms with Crippen LogP contribution < -0.4 is 14.9 Å². The van der Waals surface area contributed by atoms with Gasteiger partial charge in [0.1, 0.15) is 23.8 Å². The molecular formula is C28H22F3NO6. The number of aryl methyl sites for hydroxylation is 1. The number of methoxy groups -OCH3 is 1. The number of carbonyl (C=O) groups excluding carboxylic acids is 1. The smallest absolute Gasteiger partial charge is 0.453 e. The number of fused-ring (bicyclic) bond motifs is 3. The van der Waals surface area contributed by atoms with Crippen LogP contribution in [0.5, 0.6) is 17.2 Å². The van der Waals surface area contributed by atoms with Crippen molar-refractivity contribution in [1.29, 1.82) is 0 Å². The molecule has 0 fully saturated rings. The van der Waals surface area contributed by atoms with Gasteiger partial charge in [-0.3, -0.25) is 9.69 Å². The van der Waals surface area contributed by atoms with Gasteiger partial charge in [-0.2, -0.15) is 13.2 Å². The molecule has 0 saturated heterocycles. The Morgan fingerprint density at radius 3 is 2.39 bits per heavy atom. The van der Waals surface area contributed by atoms with Crippen LogP contribution in [0, 0.1) is 6.92 Å². The fraction of sp³-hybridized carbons (Fsp3) is 0.214. The second kappa shape index (κ2) is 9.86. The molecule has 4 aromatic rings. The Hall–Kier alpha value is -4.31. The first-order valence-electron chi connectivity index (χ1n) is 11.6. The molecule has 1 aliphatic rings. The Morgan fingerprint density at radius 1 is 1.03 bits per heavy atom. The Bertz CT molecular complexity index is 1560. The van der Waals surface area contributed by atoms with Crippen LogP contribution in [0.15, 0.2) is 69.9 Å². The number of benzene rings is 3. The third kappa shape index (κ3) is 4.95. The van der Waals surface area contributed by atoms with Gasteiger partial charge in [-0.25, -0.2) is 4.79 Å². The fourth-order valence-corrected chi connectivity index (χ4v) is 4.22. The van der Waals surface area contributed by atoms with Crippen LogP contribution in [0.1, 0.15) is 32.8 Å². The van der Waals surface area contributed by atoms with Gasteiger partial charge in [-0.05, 0) is 48.9 Å². The number of rotatable bonds is 5. The SMILES string of the molecule is COC(=O)c1ccc(Oc2c(C(F)(F)F)oc3c4c(ccc3c2=O)OCN(Cc2ccc(C)cc2)C4)cc1. The number of nitrogens with zero attached hydrogens (tertiary/aromatic N) is 1. The molecule has 0 unspecified atom stereocenters. The van der Waals surface area contributed by atoms with Gasteiger partial charge in [-0.1, -0.05) is 29.8 Å². The maximum Gasteiger partial charge on any atom is 0.453 e. The summed E-state index contributed by atoms with van der Waals surface area (Å²) < 4.78 is 63.4. The normalized spacial score (nSPS) is 13.6. The summed E-state index contributed by atoms with van der Waals surface area (Å²) in [4.78, 5) is 26.8. The van der Waals surface area contributed by atoms with Crippen LogP contribution in [0.4, 0.5) is 13.2 Å². The van der Waals surface area contributed by atoms with Gasteiger partial charge in [0.05, 0.1) is 23.6 Å². The first-order chi connectivity index (χ1) is 18.1. The summed E-state index contributed by atoms with van der Waals surface area (Å²) in [6.45, 7) is 2.92. The van der Waals surface area contributed by atoms with E-state index in [1.807, 2.05) is 36.1 Å². The maximum absolute atomic E-state index is 14.1. The number of hydrogen-bond acceptors (Lipinski definition) is 7. The number of alkyl halides is 3. The summed E-state index contributed by atoms with van der Waals surface area (Å²) in [6.07, 6.45) is -5.02. The van der Waals surface area contributed by atoms with Gasteiger partial charge in [0, 0.05) is 13.1 Å². The molecule has 1 aromatic heterocycles. The number of halogens is 3. The summed E-state index contributed by atoms with van der Waals surface area (Å²) in [5.41, 5.74) is 1.45. The second-order valence-corrected chi connectivity index (χ2v) is 8.87. The molecule has 0 atom stereocenters. The van der Waals surface area contributed by atoms with Crippen LogP contribution >= 0.6 is 0 Å². The van der Waals surface area contributed by atoms with Gasteiger partial charge in [0.2, 0.25) is 11.2 Å². The van der Waals surface area contributed by atoms with Crippen molar-refractivity contribution in [2.24, 2.45) is 0 Å². The highest BCUT2D eigenvalue weighted by Gasteiger charge is 2.41. The highest BCUT2D eigenvalue weighted by atomic mass is 19.4. The third-order valence-electron chi connectivity index (χ3n) is 6.14. The topological polar surface area (TPSA) is 78.2 Å². The highest BCUT2D eigenvalue weighted by Crippen LogP contribution is 2.41. The van der Waals surface area contributed by atoms with Crippen LogP contribution in [-0.4, -0.2) is 24.7 Å². The van der Waals surface area contributed by atoms with Gasteiger partial charge in [-0.15, -0.1) is 0 Å². The van der Waals surface area contributed by atoms with Gasteiger partial charge >= 0.3 is 12.1 Å². The lowest BCUT2D eigenvalue weighted by atomic mass is 10.1. The third-order valence-corrected chi connectivity index (χ3v) is 6.14. The minimum Gasteiger partial charge on any atom is -0.478 e. The van der Waals surface area contributed by atoms with Crippen molar-refractivity contribution in [3.8, 4) is 17.2 Å². The fourth-order valence-electron chi connectivity index (χ4n) is 4.22. The van der Waals surface area contributed by atoms with E-state index in [0.29, 0.717) is 17.9 Å². The van der Waals surface area contributed by atoms with Crippen molar-refractivity contribution >= 4 is 16.9 Å². The zero-order valence-electron chi connectivity index (χ0n) is 20.4. The van der Waals surface area contributed by atoms with E-state index < -0.39 is 29.1 Å². The summed E-state index contributed by atoms with van der Waals surface area (Å²) in [6, 6.07) is 15.9. The minimum atomic E-state index is -5.02. The molecule has 5 rings (SSSR count). The van der Waals surface area contributed by atoms with Crippen LogP contribution in [0.2, 0.25) is 0 Å². The van der Waals surface area contributed by atoms with Crippen molar-refractivity contribution in [2.45, 2.75) is 26.2 Å². The molecule has 0 saturated carbocycles. The zero-order chi connectivity index (χ0) is 27.0. The summed E-state index contributed by atoms with van der Waals surface area (Å²) in [7, 11) is 1.20. The minimum absolute atomic E-state index is 0.0706. The molecule has 196 valence electrons. The van der Waals surface area contributed by atoms with E-state index in [4.69, 9.17) is 13.9 Å².